The van der Waals surface area contributed by atoms with Crippen molar-refractivity contribution in [2.24, 2.45) is 5.73 Å². The van der Waals surface area contributed by atoms with Crippen LogP contribution in [0, 0.1) is 5.82 Å². The van der Waals surface area contributed by atoms with Crippen molar-refractivity contribution < 1.29 is 9.18 Å². The van der Waals surface area contributed by atoms with E-state index in [9.17, 15) is 9.18 Å². The van der Waals surface area contributed by atoms with Gasteiger partial charge in [0.15, 0.2) is 0 Å². The molecular weight excluding hydrogens is 257 g/mol. The molecule has 0 saturated heterocycles. The minimum Gasteiger partial charge on any atom is -0.369 e. The number of hydrogen-bond donors (Lipinski definition) is 1. The first-order chi connectivity index (χ1) is 8.56. The fourth-order valence-electron chi connectivity index (χ4n) is 1.61. The maximum Gasteiger partial charge on any atom is 0.223 e. The Morgan fingerprint density at radius 3 is 2.89 bits per heavy atom. The first-order valence-electron chi connectivity index (χ1n) is 5.30. The zero-order chi connectivity index (χ0) is 13.1. The normalized spacial score (nSPS) is 10.6. The van der Waals surface area contributed by atoms with Gasteiger partial charge in [-0.05, 0) is 18.2 Å². The quantitative estimate of drug-likeness (QED) is 0.917. The minimum absolute atomic E-state index is 0.0675. The Balaban J connectivity index is 2.19. The van der Waals surface area contributed by atoms with Gasteiger partial charge in [-0.2, -0.15) is 5.10 Å². The average molecular weight is 268 g/mol. The molecule has 0 saturated carbocycles. The summed E-state index contributed by atoms with van der Waals surface area (Å²) in [4.78, 5) is 10.7. The average Bonchev–Trinajstić information content (AvgIpc) is 2.70. The van der Waals surface area contributed by atoms with E-state index in [4.69, 9.17) is 17.3 Å². The highest BCUT2D eigenvalue weighted by atomic mass is 35.5. The number of nitrogens with two attached hydrogens (primary N) is 1. The molecule has 0 aliphatic heterocycles. The van der Waals surface area contributed by atoms with Crippen molar-refractivity contribution in [3.8, 4) is 0 Å². The summed E-state index contributed by atoms with van der Waals surface area (Å²) in [6.45, 7) is 0.213. The van der Waals surface area contributed by atoms with Crippen molar-refractivity contribution in [2.75, 3.05) is 0 Å². The number of carbonyl (C=O) groups is 1. The summed E-state index contributed by atoms with van der Waals surface area (Å²) in [5.41, 5.74) is 5.98. The van der Waals surface area contributed by atoms with Crippen molar-refractivity contribution in [3.63, 3.8) is 0 Å². The van der Waals surface area contributed by atoms with Crippen molar-refractivity contribution in [1.82, 2.24) is 9.78 Å². The van der Waals surface area contributed by atoms with Crippen LogP contribution in [0.25, 0.3) is 0 Å². The molecule has 1 aromatic heterocycles. The van der Waals surface area contributed by atoms with Crippen molar-refractivity contribution in [1.29, 1.82) is 0 Å². The van der Waals surface area contributed by atoms with Crippen LogP contribution in [0.1, 0.15) is 11.3 Å². The third kappa shape index (κ3) is 2.87. The van der Waals surface area contributed by atoms with Gasteiger partial charge in [-0.25, -0.2) is 4.39 Å². The van der Waals surface area contributed by atoms with Crippen LogP contribution < -0.4 is 5.73 Å². The van der Waals surface area contributed by atoms with Crippen molar-refractivity contribution >= 4 is 17.5 Å². The molecule has 2 N–H and O–H groups in total. The molecule has 0 atom stereocenters. The van der Waals surface area contributed by atoms with Gasteiger partial charge in [-0.1, -0.05) is 17.7 Å². The number of benzene rings is 1. The van der Waals surface area contributed by atoms with Crippen molar-refractivity contribution in [3.05, 3.63) is 52.6 Å². The number of primary amides is 1. The molecule has 4 nitrogen and oxygen atoms in total. The summed E-state index contributed by atoms with van der Waals surface area (Å²) in [7, 11) is 0. The van der Waals surface area contributed by atoms with E-state index < -0.39 is 5.91 Å². The van der Waals surface area contributed by atoms with E-state index in [-0.39, 0.29) is 18.8 Å². The lowest BCUT2D eigenvalue weighted by Crippen LogP contribution is -2.14. The van der Waals surface area contributed by atoms with E-state index in [1.165, 1.54) is 10.7 Å². The molecule has 2 rings (SSSR count). The molecule has 0 bridgehead atoms. The van der Waals surface area contributed by atoms with E-state index in [1.807, 2.05) is 0 Å². The van der Waals surface area contributed by atoms with Gasteiger partial charge in [0.1, 0.15) is 5.82 Å². The molecule has 0 aliphatic rings. The van der Waals surface area contributed by atoms with Crippen molar-refractivity contribution in [2.45, 2.75) is 13.0 Å². The molecule has 94 valence electrons. The summed E-state index contributed by atoms with van der Waals surface area (Å²) in [5.74, 6) is -0.835. The van der Waals surface area contributed by atoms with Crippen LogP contribution in [-0.2, 0) is 17.8 Å². The van der Waals surface area contributed by atoms with Crippen LogP contribution in [0.15, 0.2) is 30.5 Å². The number of nitrogens with zero attached hydrogens (tertiary/aromatic N) is 2. The highest BCUT2D eigenvalue weighted by Gasteiger charge is 2.09. The highest BCUT2D eigenvalue weighted by molar-refractivity contribution is 6.31. The molecule has 0 aliphatic carbocycles. The van der Waals surface area contributed by atoms with E-state index in [0.717, 1.165) is 0 Å². The molecule has 1 heterocycles. The summed E-state index contributed by atoms with van der Waals surface area (Å²) in [6, 6.07) is 6.17. The van der Waals surface area contributed by atoms with Gasteiger partial charge in [0.25, 0.3) is 0 Å². The highest BCUT2D eigenvalue weighted by Crippen LogP contribution is 2.19. The fraction of sp³-hybridized carbons (Fsp3) is 0.167. The van der Waals surface area contributed by atoms with Gasteiger partial charge in [0.2, 0.25) is 5.91 Å². The molecule has 0 radical (unpaired) electrons. The molecule has 2 aromatic rings. The third-order valence-corrected chi connectivity index (χ3v) is 2.79. The lowest BCUT2D eigenvalue weighted by molar-refractivity contribution is -0.117. The van der Waals surface area contributed by atoms with E-state index >= 15 is 0 Å². The Bertz CT molecular complexity index is 562. The molecular formula is C12H11ClFN3O. The number of carbonyl (C=O) groups excluding carboxylic acids is 1. The second-order valence-electron chi connectivity index (χ2n) is 3.85. The van der Waals surface area contributed by atoms with Gasteiger partial charge in [-0.3, -0.25) is 9.48 Å². The Morgan fingerprint density at radius 2 is 2.22 bits per heavy atom. The predicted molar refractivity (Wildman–Crippen MR) is 65.6 cm³/mol. The number of aromatic nitrogens is 2. The topological polar surface area (TPSA) is 60.9 Å². The molecule has 6 heteroatoms. The lowest BCUT2D eigenvalue weighted by atomic mass is 10.2. The van der Waals surface area contributed by atoms with Crippen LogP contribution in [0.4, 0.5) is 4.39 Å². The first-order valence-corrected chi connectivity index (χ1v) is 5.67. The molecule has 0 unspecified atom stereocenters. The number of halogens is 2. The predicted octanol–water partition coefficient (Wildman–Crippen LogP) is 1.75. The summed E-state index contributed by atoms with van der Waals surface area (Å²) in [5, 5.41) is 4.47. The largest absolute Gasteiger partial charge is 0.369 e. The second kappa shape index (κ2) is 5.18. The molecule has 0 fully saturated rings. The van der Waals surface area contributed by atoms with Crippen LogP contribution in [0.3, 0.4) is 0 Å². The Labute approximate surface area is 108 Å². The molecule has 1 amide bonds. The first kappa shape index (κ1) is 12.6. The van der Waals surface area contributed by atoms with Gasteiger partial charge >= 0.3 is 0 Å². The number of hydrogen-bond acceptors (Lipinski definition) is 2. The molecule has 1 aromatic carbocycles. The number of rotatable bonds is 4. The van der Waals surface area contributed by atoms with Gasteiger partial charge in [-0.15, -0.1) is 0 Å². The zero-order valence-corrected chi connectivity index (χ0v) is 10.2. The maximum atomic E-state index is 13.6. The van der Waals surface area contributed by atoms with Crippen LogP contribution in [-0.4, -0.2) is 15.7 Å². The minimum atomic E-state index is -0.454. The lowest BCUT2D eigenvalue weighted by Gasteiger charge is -2.05. The second-order valence-corrected chi connectivity index (χ2v) is 4.26. The fourth-order valence-corrected chi connectivity index (χ4v) is 1.83. The zero-order valence-electron chi connectivity index (χ0n) is 9.44. The van der Waals surface area contributed by atoms with E-state index in [0.29, 0.717) is 16.3 Å². The SMILES string of the molecule is NC(=O)Cc1ccn(Cc2c(F)cccc2Cl)n1. The monoisotopic (exact) mass is 267 g/mol. The van der Waals surface area contributed by atoms with Crippen LogP contribution >= 0.6 is 11.6 Å². The third-order valence-electron chi connectivity index (χ3n) is 2.43. The van der Waals surface area contributed by atoms with Gasteiger partial charge in [0, 0.05) is 16.8 Å². The summed E-state index contributed by atoms with van der Waals surface area (Å²) < 4.78 is 15.1. The van der Waals surface area contributed by atoms with Gasteiger partial charge in [0.05, 0.1) is 18.7 Å². The molecule has 0 spiro atoms. The molecule has 18 heavy (non-hydrogen) atoms. The number of amides is 1. The van der Waals surface area contributed by atoms with E-state index in [2.05, 4.69) is 5.10 Å². The van der Waals surface area contributed by atoms with Gasteiger partial charge < -0.3 is 5.73 Å². The Morgan fingerprint density at radius 1 is 1.44 bits per heavy atom. The standard InChI is InChI=1S/C12H11ClFN3O/c13-10-2-1-3-11(14)9(10)7-17-5-4-8(16-17)6-12(15)18/h1-5H,6-7H2,(H2,15,18). The Kier molecular flexibility index (Phi) is 3.62. The summed E-state index contributed by atoms with van der Waals surface area (Å²) >= 11 is 5.92. The summed E-state index contributed by atoms with van der Waals surface area (Å²) in [6.07, 6.45) is 1.72. The maximum absolute atomic E-state index is 13.6. The smallest absolute Gasteiger partial charge is 0.223 e. The van der Waals surface area contributed by atoms with Crippen LogP contribution in [0.5, 0.6) is 0 Å². The van der Waals surface area contributed by atoms with E-state index in [1.54, 1.807) is 24.4 Å². The Hall–Kier alpha value is -1.88. The van der Waals surface area contributed by atoms with Crippen LogP contribution in [0.2, 0.25) is 5.02 Å².